The maximum atomic E-state index is 13.1. The average Bonchev–Trinajstić information content (AvgIpc) is 3.60. The van der Waals surface area contributed by atoms with Gasteiger partial charge < -0.3 is 5.32 Å². The third-order valence-corrected chi connectivity index (χ3v) is 6.38. The number of nitrogens with one attached hydrogen (secondary N) is 2. The normalized spacial score (nSPS) is 28.2. The molecule has 8 nitrogen and oxygen atoms in total. The van der Waals surface area contributed by atoms with Crippen LogP contribution in [0.5, 0.6) is 0 Å². The van der Waals surface area contributed by atoms with Crippen LogP contribution < -0.4 is 10.2 Å². The Labute approximate surface area is 166 Å². The summed E-state index contributed by atoms with van der Waals surface area (Å²) in [5, 5.41) is 9.82. The summed E-state index contributed by atoms with van der Waals surface area (Å²) < 4.78 is 0. The lowest BCUT2D eigenvalue weighted by Crippen LogP contribution is -2.54. The molecule has 2 bridgehead atoms. The summed E-state index contributed by atoms with van der Waals surface area (Å²) in [5.41, 5.74) is 1.31. The first-order valence-electron chi connectivity index (χ1n) is 9.62. The Morgan fingerprint density at radius 3 is 2.79 bits per heavy atom. The number of rotatable bonds is 4. The Morgan fingerprint density at radius 2 is 2.00 bits per heavy atom. The first kappa shape index (κ1) is 16.4. The maximum absolute atomic E-state index is 13.1. The van der Waals surface area contributed by atoms with E-state index < -0.39 is 11.4 Å². The van der Waals surface area contributed by atoms with Gasteiger partial charge in [-0.1, -0.05) is 36.4 Å². The third kappa shape index (κ3) is 2.16. The molecule has 3 unspecified atom stereocenters. The number of H-pyrrole nitrogens is 1. The van der Waals surface area contributed by atoms with Gasteiger partial charge in [0.25, 0.3) is 11.8 Å². The minimum absolute atomic E-state index is 0.0588. The van der Waals surface area contributed by atoms with E-state index in [4.69, 9.17) is 0 Å². The van der Waals surface area contributed by atoms with E-state index in [2.05, 4.69) is 25.5 Å². The van der Waals surface area contributed by atoms with Crippen molar-refractivity contribution >= 4 is 17.6 Å². The van der Waals surface area contributed by atoms with Crippen molar-refractivity contribution < 1.29 is 9.59 Å². The molecule has 4 heterocycles. The number of anilines is 1. The summed E-state index contributed by atoms with van der Waals surface area (Å²) in [6.07, 6.45) is 2.25. The maximum Gasteiger partial charge on any atom is 0.291 e. The van der Waals surface area contributed by atoms with Crippen molar-refractivity contribution in [3.63, 3.8) is 0 Å². The number of aromatic nitrogens is 4. The van der Waals surface area contributed by atoms with Gasteiger partial charge in [0.15, 0.2) is 0 Å². The second-order valence-corrected chi connectivity index (χ2v) is 7.95. The lowest BCUT2D eigenvalue weighted by Gasteiger charge is -2.25. The van der Waals surface area contributed by atoms with Crippen LogP contribution in [0.1, 0.15) is 33.5 Å². The molecule has 2 N–H and O–H groups in total. The standard InChI is InChI=1S/C21H18N6O2/c1-27-18-12(8-5-9-22-18)14-15-16(14)21(15,20(27)29)24-19(28)17-23-13(25-26-17)10-11-6-3-2-4-7-11/h2-9,14-16H,10H2,1H3,(H,24,28)(H,23,25,26)/t14?,15-,16?,21?/m1/s1. The van der Waals surface area contributed by atoms with Gasteiger partial charge in [0.1, 0.15) is 17.2 Å². The van der Waals surface area contributed by atoms with Gasteiger partial charge in [-0.15, -0.1) is 5.10 Å². The average molecular weight is 386 g/mol. The monoisotopic (exact) mass is 386 g/mol. The Morgan fingerprint density at radius 1 is 1.21 bits per heavy atom. The smallest absolute Gasteiger partial charge is 0.291 e. The van der Waals surface area contributed by atoms with Crippen LogP contribution in [0.25, 0.3) is 0 Å². The number of nitrogens with zero attached hydrogens (tertiary/aromatic N) is 4. The number of benzene rings is 1. The Balaban J connectivity index is 1.22. The highest BCUT2D eigenvalue weighted by atomic mass is 16.2. The molecule has 2 amide bonds. The summed E-state index contributed by atoms with van der Waals surface area (Å²) in [6, 6.07) is 13.7. The van der Waals surface area contributed by atoms with Crippen LogP contribution in [0.3, 0.4) is 0 Å². The van der Waals surface area contributed by atoms with E-state index in [1.54, 1.807) is 18.1 Å². The molecule has 2 saturated carbocycles. The van der Waals surface area contributed by atoms with Gasteiger partial charge in [0.2, 0.25) is 5.82 Å². The highest BCUT2D eigenvalue weighted by molar-refractivity contribution is 6.10. The number of hydrogen-bond donors (Lipinski definition) is 2. The summed E-state index contributed by atoms with van der Waals surface area (Å²) in [7, 11) is 1.72. The molecule has 3 aromatic rings. The van der Waals surface area contributed by atoms with Gasteiger partial charge in [0.05, 0.1) is 0 Å². The molecule has 4 atom stereocenters. The predicted molar refractivity (Wildman–Crippen MR) is 103 cm³/mol. The molecule has 0 radical (unpaired) electrons. The molecule has 2 aliphatic carbocycles. The zero-order valence-electron chi connectivity index (χ0n) is 15.7. The van der Waals surface area contributed by atoms with Crippen LogP contribution in [-0.2, 0) is 11.2 Å². The fourth-order valence-corrected chi connectivity index (χ4v) is 4.93. The van der Waals surface area contributed by atoms with E-state index in [-0.39, 0.29) is 29.5 Å². The van der Waals surface area contributed by atoms with Crippen LogP contribution in [0.15, 0.2) is 48.7 Å². The largest absolute Gasteiger partial charge is 0.334 e. The van der Waals surface area contributed by atoms with Gasteiger partial charge in [-0.25, -0.2) is 9.97 Å². The zero-order chi connectivity index (χ0) is 19.8. The number of aromatic amines is 1. The molecule has 7 rings (SSSR count). The second-order valence-electron chi connectivity index (χ2n) is 7.95. The predicted octanol–water partition coefficient (Wildman–Crippen LogP) is 1.28. The number of likely N-dealkylation sites (N-methyl/N-ethyl adjacent to an activating group) is 1. The number of hydrogen-bond acceptors (Lipinski definition) is 5. The van der Waals surface area contributed by atoms with E-state index in [0.29, 0.717) is 18.1 Å². The molecule has 4 aliphatic rings. The fourth-order valence-electron chi connectivity index (χ4n) is 4.93. The molecule has 144 valence electrons. The molecule has 1 aromatic carbocycles. The van der Waals surface area contributed by atoms with Crippen molar-refractivity contribution in [2.45, 2.75) is 17.9 Å². The van der Waals surface area contributed by atoms with Gasteiger partial charge >= 0.3 is 0 Å². The molecule has 2 fully saturated rings. The Hall–Kier alpha value is -3.55. The molecule has 0 spiro atoms. The van der Waals surface area contributed by atoms with Crippen molar-refractivity contribution in [3.05, 3.63) is 71.4 Å². The van der Waals surface area contributed by atoms with Crippen LogP contribution >= 0.6 is 0 Å². The Bertz CT molecular complexity index is 1150. The van der Waals surface area contributed by atoms with E-state index in [9.17, 15) is 9.59 Å². The van der Waals surface area contributed by atoms with Crippen molar-refractivity contribution in [2.24, 2.45) is 11.8 Å². The van der Waals surface area contributed by atoms with E-state index in [0.717, 1.165) is 11.1 Å². The van der Waals surface area contributed by atoms with E-state index in [1.165, 1.54) is 0 Å². The van der Waals surface area contributed by atoms with E-state index >= 15 is 0 Å². The van der Waals surface area contributed by atoms with Crippen molar-refractivity contribution in [1.29, 1.82) is 0 Å². The molecular formula is C21H18N6O2. The second kappa shape index (κ2) is 5.50. The summed E-state index contributed by atoms with van der Waals surface area (Å²) >= 11 is 0. The van der Waals surface area contributed by atoms with Crippen molar-refractivity contribution in [1.82, 2.24) is 25.5 Å². The summed E-state index contributed by atoms with van der Waals surface area (Å²) in [6.45, 7) is 0. The van der Waals surface area contributed by atoms with Crippen molar-refractivity contribution in [3.8, 4) is 0 Å². The molecule has 29 heavy (non-hydrogen) atoms. The fraction of sp³-hybridized carbons (Fsp3) is 0.286. The highest BCUT2D eigenvalue weighted by Gasteiger charge is 2.90. The third-order valence-electron chi connectivity index (χ3n) is 6.38. The summed E-state index contributed by atoms with van der Waals surface area (Å²) in [5.74, 6) is 1.37. The Kier molecular flexibility index (Phi) is 3.11. The zero-order valence-corrected chi connectivity index (χ0v) is 15.7. The van der Waals surface area contributed by atoms with Crippen LogP contribution in [0, 0.1) is 11.8 Å². The van der Waals surface area contributed by atoms with Gasteiger partial charge in [0, 0.05) is 31.5 Å². The topological polar surface area (TPSA) is 104 Å². The van der Waals surface area contributed by atoms with Gasteiger partial charge in [-0.05, 0) is 23.1 Å². The molecule has 8 heteroatoms. The number of amides is 2. The highest BCUT2D eigenvalue weighted by Crippen LogP contribution is 2.82. The van der Waals surface area contributed by atoms with Crippen LogP contribution in [-0.4, -0.2) is 44.6 Å². The van der Waals surface area contributed by atoms with Crippen molar-refractivity contribution in [2.75, 3.05) is 11.9 Å². The number of fused-ring (bicyclic) bond motifs is 1. The van der Waals surface area contributed by atoms with Gasteiger partial charge in [-0.3, -0.25) is 19.6 Å². The van der Waals surface area contributed by atoms with E-state index in [1.807, 2.05) is 42.5 Å². The number of carbonyl (C=O) groups is 2. The SMILES string of the molecule is CN1C(=O)C2(NC(=O)c3n[nH]c(Cc4ccccc4)n3)C3C(c4cccnc41)[C@H]32. The van der Waals surface area contributed by atoms with Crippen LogP contribution in [0.4, 0.5) is 5.82 Å². The number of pyridine rings is 1. The molecule has 0 saturated heterocycles. The molecular weight excluding hydrogens is 368 g/mol. The minimum atomic E-state index is -0.850. The molecule has 2 aromatic heterocycles. The first-order valence-corrected chi connectivity index (χ1v) is 9.62. The lowest BCUT2D eigenvalue weighted by atomic mass is 9.93. The quantitative estimate of drug-likeness (QED) is 0.703. The minimum Gasteiger partial charge on any atom is -0.334 e. The lowest BCUT2D eigenvalue weighted by molar-refractivity contribution is -0.122. The van der Waals surface area contributed by atoms with Crippen LogP contribution in [0.2, 0.25) is 0 Å². The first-order chi connectivity index (χ1) is 14.1. The summed E-state index contributed by atoms with van der Waals surface area (Å²) in [4.78, 5) is 36.2. The number of carbonyl (C=O) groups excluding carboxylic acids is 2. The van der Waals surface area contributed by atoms with Gasteiger partial charge in [-0.2, -0.15) is 0 Å². The molecule has 2 aliphatic heterocycles.